The van der Waals surface area contributed by atoms with Gasteiger partial charge >= 0.3 is 0 Å². The molecular formula is C12H23NO3S. The highest BCUT2D eigenvalue weighted by Crippen LogP contribution is 2.23. The molecule has 4 nitrogen and oxygen atoms in total. The highest BCUT2D eigenvalue weighted by Gasteiger charge is 2.27. The molecule has 0 aromatic heterocycles. The summed E-state index contributed by atoms with van der Waals surface area (Å²) in [5.41, 5.74) is 0. The maximum absolute atomic E-state index is 11.8. The maximum atomic E-state index is 11.8. The number of Topliss-reactive ketones (excluding diaryl/α,β-unsaturated/α-hetero) is 1. The Morgan fingerprint density at radius 1 is 1.47 bits per heavy atom. The summed E-state index contributed by atoms with van der Waals surface area (Å²) in [4.78, 5) is 11.8. The van der Waals surface area contributed by atoms with Crippen molar-refractivity contribution in [2.75, 3.05) is 19.3 Å². The molecule has 1 heterocycles. The fraction of sp³-hybridized carbons (Fsp3) is 0.917. The molecule has 0 amide bonds. The standard InChI is InChI=1S/C12H23NO3S/c1-4-10(2)12(14)8-11-6-5-7-13(9-11)17(3,15)16/h10-11H,4-9H2,1-3H3. The summed E-state index contributed by atoms with van der Waals surface area (Å²) in [5, 5.41) is 0. The van der Waals surface area contributed by atoms with Crippen molar-refractivity contribution < 1.29 is 13.2 Å². The molecule has 17 heavy (non-hydrogen) atoms. The molecule has 1 saturated heterocycles. The van der Waals surface area contributed by atoms with Gasteiger partial charge in [-0.3, -0.25) is 4.79 Å². The van der Waals surface area contributed by atoms with E-state index in [1.807, 2.05) is 13.8 Å². The predicted octanol–water partition coefficient (Wildman–Crippen LogP) is 1.66. The van der Waals surface area contributed by atoms with Crippen LogP contribution in [0.1, 0.15) is 39.5 Å². The van der Waals surface area contributed by atoms with Crippen LogP contribution in [0.3, 0.4) is 0 Å². The molecule has 1 fully saturated rings. The fourth-order valence-electron chi connectivity index (χ4n) is 2.21. The lowest BCUT2D eigenvalue weighted by Gasteiger charge is -2.31. The van der Waals surface area contributed by atoms with Crippen molar-refractivity contribution in [2.24, 2.45) is 11.8 Å². The molecule has 0 aliphatic carbocycles. The first-order valence-corrected chi connectivity index (χ1v) is 8.17. The lowest BCUT2D eigenvalue weighted by molar-refractivity contribution is -0.123. The number of piperidine rings is 1. The predicted molar refractivity (Wildman–Crippen MR) is 68.2 cm³/mol. The van der Waals surface area contributed by atoms with E-state index in [0.29, 0.717) is 19.5 Å². The normalized spacial score (nSPS) is 24.5. The zero-order valence-electron chi connectivity index (χ0n) is 11.0. The van der Waals surface area contributed by atoms with Crippen LogP contribution in [0.15, 0.2) is 0 Å². The highest BCUT2D eigenvalue weighted by atomic mass is 32.2. The third-order valence-corrected chi connectivity index (χ3v) is 4.87. The minimum absolute atomic E-state index is 0.101. The average molecular weight is 261 g/mol. The van der Waals surface area contributed by atoms with Crippen molar-refractivity contribution >= 4 is 15.8 Å². The highest BCUT2D eigenvalue weighted by molar-refractivity contribution is 7.88. The van der Waals surface area contributed by atoms with E-state index in [0.717, 1.165) is 19.3 Å². The van der Waals surface area contributed by atoms with Crippen molar-refractivity contribution in [3.8, 4) is 0 Å². The number of carbonyl (C=O) groups excluding carboxylic acids is 1. The number of sulfonamides is 1. The van der Waals surface area contributed by atoms with Gasteiger partial charge in [-0.05, 0) is 25.2 Å². The van der Waals surface area contributed by atoms with Crippen molar-refractivity contribution in [3.63, 3.8) is 0 Å². The van der Waals surface area contributed by atoms with Crippen molar-refractivity contribution in [3.05, 3.63) is 0 Å². The van der Waals surface area contributed by atoms with Crippen LogP contribution in [0.4, 0.5) is 0 Å². The van der Waals surface area contributed by atoms with E-state index in [1.165, 1.54) is 10.6 Å². The molecule has 0 N–H and O–H groups in total. The largest absolute Gasteiger partial charge is 0.299 e. The van der Waals surface area contributed by atoms with E-state index in [2.05, 4.69) is 0 Å². The number of carbonyl (C=O) groups is 1. The molecule has 0 radical (unpaired) electrons. The Labute approximate surface area is 104 Å². The Kier molecular flexibility index (Phi) is 5.13. The molecule has 1 aliphatic heterocycles. The van der Waals surface area contributed by atoms with Gasteiger partial charge in [0.1, 0.15) is 5.78 Å². The van der Waals surface area contributed by atoms with Crippen LogP contribution in [0.2, 0.25) is 0 Å². The van der Waals surface area contributed by atoms with Crippen LogP contribution >= 0.6 is 0 Å². The quantitative estimate of drug-likeness (QED) is 0.756. The van der Waals surface area contributed by atoms with Crippen molar-refractivity contribution in [1.82, 2.24) is 4.31 Å². The zero-order valence-corrected chi connectivity index (χ0v) is 11.8. The van der Waals surface area contributed by atoms with Gasteiger partial charge in [-0.25, -0.2) is 12.7 Å². The Morgan fingerprint density at radius 2 is 2.12 bits per heavy atom. The first-order valence-electron chi connectivity index (χ1n) is 6.32. The molecular weight excluding hydrogens is 238 g/mol. The molecule has 2 unspecified atom stereocenters. The van der Waals surface area contributed by atoms with Gasteiger partial charge in [-0.15, -0.1) is 0 Å². The van der Waals surface area contributed by atoms with Gasteiger partial charge in [0.25, 0.3) is 0 Å². The minimum Gasteiger partial charge on any atom is -0.299 e. The third-order valence-electron chi connectivity index (χ3n) is 3.60. The fourth-order valence-corrected chi connectivity index (χ4v) is 3.15. The molecule has 1 aliphatic rings. The summed E-state index contributed by atoms with van der Waals surface area (Å²) in [6.07, 6.45) is 4.47. The van der Waals surface area contributed by atoms with E-state index < -0.39 is 10.0 Å². The zero-order chi connectivity index (χ0) is 13.1. The van der Waals surface area contributed by atoms with Crippen LogP contribution in [0.5, 0.6) is 0 Å². The Bertz CT molecular complexity index is 364. The second kappa shape index (κ2) is 5.96. The average Bonchev–Trinajstić information content (AvgIpc) is 2.27. The van der Waals surface area contributed by atoms with Crippen LogP contribution in [0, 0.1) is 11.8 Å². The number of hydrogen-bond donors (Lipinski definition) is 0. The van der Waals surface area contributed by atoms with Crippen molar-refractivity contribution in [1.29, 1.82) is 0 Å². The van der Waals surface area contributed by atoms with Crippen molar-refractivity contribution in [2.45, 2.75) is 39.5 Å². The number of ketones is 1. The van der Waals surface area contributed by atoms with E-state index in [4.69, 9.17) is 0 Å². The number of rotatable bonds is 5. The summed E-state index contributed by atoms with van der Waals surface area (Å²) in [6, 6.07) is 0. The summed E-state index contributed by atoms with van der Waals surface area (Å²) < 4.78 is 24.4. The van der Waals surface area contributed by atoms with Gasteiger partial charge in [0.15, 0.2) is 0 Å². The SMILES string of the molecule is CCC(C)C(=O)CC1CCCN(S(C)(=O)=O)C1. The summed E-state index contributed by atoms with van der Waals surface area (Å²) >= 11 is 0. The second-order valence-electron chi connectivity index (χ2n) is 5.11. The number of hydrogen-bond acceptors (Lipinski definition) is 3. The smallest absolute Gasteiger partial charge is 0.211 e. The molecule has 5 heteroatoms. The lowest BCUT2D eigenvalue weighted by atomic mass is 9.89. The van der Waals surface area contributed by atoms with E-state index in [9.17, 15) is 13.2 Å². The summed E-state index contributed by atoms with van der Waals surface area (Å²) in [6.45, 7) is 5.07. The molecule has 0 aromatic carbocycles. The van der Waals surface area contributed by atoms with Gasteiger partial charge in [0.2, 0.25) is 10.0 Å². The van der Waals surface area contributed by atoms with E-state index in [-0.39, 0.29) is 17.6 Å². The second-order valence-corrected chi connectivity index (χ2v) is 7.09. The first kappa shape index (κ1) is 14.6. The van der Waals surface area contributed by atoms with E-state index >= 15 is 0 Å². The molecule has 100 valence electrons. The molecule has 0 saturated carbocycles. The van der Waals surface area contributed by atoms with E-state index in [1.54, 1.807) is 0 Å². The maximum Gasteiger partial charge on any atom is 0.211 e. The Morgan fingerprint density at radius 3 is 2.65 bits per heavy atom. The number of nitrogens with zero attached hydrogens (tertiary/aromatic N) is 1. The Hall–Kier alpha value is -0.420. The van der Waals surface area contributed by atoms with Gasteiger partial charge in [-0.1, -0.05) is 13.8 Å². The molecule has 1 rings (SSSR count). The van der Waals surface area contributed by atoms with Crippen LogP contribution in [0.25, 0.3) is 0 Å². The Balaban J connectivity index is 2.53. The van der Waals surface area contributed by atoms with Crippen LogP contribution in [-0.4, -0.2) is 37.9 Å². The topological polar surface area (TPSA) is 54.5 Å². The van der Waals surface area contributed by atoms with Crippen LogP contribution < -0.4 is 0 Å². The first-order chi connectivity index (χ1) is 7.84. The lowest BCUT2D eigenvalue weighted by Crippen LogP contribution is -2.40. The minimum atomic E-state index is -3.10. The molecule has 0 bridgehead atoms. The summed E-state index contributed by atoms with van der Waals surface area (Å²) in [5.74, 6) is 0.580. The van der Waals surface area contributed by atoms with Gasteiger partial charge in [-0.2, -0.15) is 0 Å². The molecule has 0 spiro atoms. The monoisotopic (exact) mass is 261 g/mol. The third kappa shape index (κ3) is 4.39. The van der Waals surface area contributed by atoms with Gasteiger partial charge in [0.05, 0.1) is 6.26 Å². The molecule has 0 aromatic rings. The van der Waals surface area contributed by atoms with Gasteiger partial charge < -0.3 is 0 Å². The molecule has 2 atom stereocenters. The van der Waals surface area contributed by atoms with Crippen LogP contribution in [-0.2, 0) is 14.8 Å². The summed E-state index contributed by atoms with van der Waals surface area (Å²) in [7, 11) is -3.10. The van der Waals surface area contributed by atoms with Gasteiger partial charge in [0, 0.05) is 25.4 Å².